The molecule has 4 aliphatic rings. The van der Waals surface area contributed by atoms with E-state index in [0.717, 1.165) is 25.7 Å². The highest BCUT2D eigenvalue weighted by molar-refractivity contribution is 5.89. The molecule has 10 atom stereocenters. The fraction of sp³-hybridized carbons (Fsp3) is 0.933. The summed E-state index contributed by atoms with van der Waals surface area (Å²) in [5.74, 6) is 2.58. The molecule has 0 aromatic rings. The molecule has 0 heterocycles. The van der Waals surface area contributed by atoms with Gasteiger partial charge in [-0.15, -0.1) is 0 Å². The highest BCUT2D eigenvalue weighted by Crippen LogP contribution is 2.68. The van der Waals surface area contributed by atoms with Crippen molar-refractivity contribution >= 4 is 11.8 Å². The standard InChI is InChI=1S/C30H50O5/c1-18(8-9-19(2)27(4,5)35-20(3)31)23-10-11-24-22-16-26(33)30(34)17-21(32)12-15-29(30,7)25(22)13-14-28(23,24)6/h18-19,21-25,32,34H,8-17H2,1-7H3/t18-,19+,21+,22+,23-,24+,25+,28-,29-,30+/m1/s1. The largest absolute Gasteiger partial charge is 0.460 e. The van der Waals surface area contributed by atoms with Crippen molar-refractivity contribution < 1.29 is 24.5 Å². The van der Waals surface area contributed by atoms with Crippen LogP contribution in [0.3, 0.4) is 0 Å². The zero-order valence-electron chi connectivity index (χ0n) is 23.2. The molecule has 0 saturated heterocycles. The Morgan fingerprint density at radius 1 is 1.09 bits per heavy atom. The second kappa shape index (κ2) is 9.11. The van der Waals surface area contributed by atoms with Gasteiger partial charge in [0.25, 0.3) is 0 Å². The third-order valence-electron chi connectivity index (χ3n) is 12.0. The number of aliphatic hydroxyl groups is 2. The number of esters is 1. The van der Waals surface area contributed by atoms with Gasteiger partial charge in [0.1, 0.15) is 11.2 Å². The maximum absolute atomic E-state index is 13.4. The summed E-state index contributed by atoms with van der Waals surface area (Å²) in [5.41, 5.74) is -1.96. The second-order valence-electron chi connectivity index (χ2n) is 14.1. The number of rotatable bonds is 6. The van der Waals surface area contributed by atoms with Crippen molar-refractivity contribution in [2.24, 2.45) is 46.3 Å². The molecule has 0 radical (unpaired) electrons. The minimum Gasteiger partial charge on any atom is -0.460 e. The van der Waals surface area contributed by atoms with E-state index in [1.54, 1.807) is 0 Å². The van der Waals surface area contributed by atoms with Crippen molar-refractivity contribution in [1.82, 2.24) is 0 Å². The first-order chi connectivity index (χ1) is 16.2. The molecule has 4 saturated carbocycles. The number of Topliss-reactive ketones (excluding diaryl/α,β-unsaturated/α-hetero) is 1. The topological polar surface area (TPSA) is 83.8 Å². The number of ether oxygens (including phenoxy) is 1. The molecule has 0 aromatic heterocycles. The first-order valence-electron chi connectivity index (χ1n) is 14.3. The van der Waals surface area contributed by atoms with Crippen LogP contribution in [-0.2, 0) is 14.3 Å². The average Bonchev–Trinajstić information content (AvgIpc) is 3.10. The van der Waals surface area contributed by atoms with Crippen molar-refractivity contribution in [3.8, 4) is 0 Å². The molecule has 4 fully saturated rings. The average molecular weight is 491 g/mol. The number of carbonyl (C=O) groups is 2. The third-order valence-corrected chi connectivity index (χ3v) is 12.0. The summed E-state index contributed by atoms with van der Waals surface area (Å²) >= 11 is 0. The number of ketones is 1. The molecule has 4 rings (SSSR count). The second-order valence-corrected chi connectivity index (χ2v) is 14.1. The maximum atomic E-state index is 13.4. The minimum absolute atomic E-state index is 0.0118. The summed E-state index contributed by atoms with van der Waals surface area (Å²) in [4.78, 5) is 24.9. The van der Waals surface area contributed by atoms with Crippen molar-refractivity contribution in [2.45, 2.75) is 130 Å². The van der Waals surface area contributed by atoms with Gasteiger partial charge >= 0.3 is 5.97 Å². The SMILES string of the molecule is CC(=O)OC(C)(C)[C@@H](C)CC[C@@H](C)[C@H]1CC[C@H]2[C@@H]3CC(=O)[C@@]4(O)C[C@@H](O)CC[C@]4(C)[C@H]3CC[C@]12C. The molecule has 0 spiro atoms. The molecule has 5 heteroatoms. The van der Waals surface area contributed by atoms with Crippen molar-refractivity contribution in [1.29, 1.82) is 0 Å². The van der Waals surface area contributed by atoms with Crippen LogP contribution in [-0.4, -0.2) is 39.3 Å². The van der Waals surface area contributed by atoms with E-state index in [9.17, 15) is 19.8 Å². The Kier molecular flexibility index (Phi) is 7.06. The number of fused-ring (bicyclic) bond motifs is 5. The highest BCUT2D eigenvalue weighted by Gasteiger charge is 2.67. The molecule has 2 N–H and O–H groups in total. The molecule has 0 aliphatic heterocycles. The predicted octanol–water partition coefficient (Wildman–Crippen LogP) is 5.69. The minimum atomic E-state index is -1.35. The monoisotopic (exact) mass is 490 g/mol. The van der Waals surface area contributed by atoms with E-state index >= 15 is 0 Å². The van der Waals surface area contributed by atoms with Gasteiger partial charge in [-0.3, -0.25) is 9.59 Å². The summed E-state index contributed by atoms with van der Waals surface area (Å²) in [7, 11) is 0. The predicted molar refractivity (Wildman–Crippen MR) is 136 cm³/mol. The molecule has 200 valence electrons. The van der Waals surface area contributed by atoms with Gasteiger partial charge in [-0.05, 0) is 99.7 Å². The maximum Gasteiger partial charge on any atom is 0.303 e. The summed E-state index contributed by atoms with van der Waals surface area (Å²) < 4.78 is 5.59. The van der Waals surface area contributed by atoms with Crippen LogP contribution in [0, 0.1) is 46.3 Å². The van der Waals surface area contributed by atoms with Crippen LogP contribution in [0.15, 0.2) is 0 Å². The summed E-state index contributed by atoms with van der Waals surface area (Å²) in [6, 6.07) is 0. The Morgan fingerprint density at radius 3 is 2.43 bits per heavy atom. The van der Waals surface area contributed by atoms with Gasteiger partial charge in [0.15, 0.2) is 5.78 Å². The Balaban J connectivity index is 1.47. The lowest BCUT2D eigenvalue weighted by molar-refractivity contribution is -0.213. The molecule has 4 aliphatic carbocycles. The fourth-order valence-corrected chi connectivity index (χ4v) is 9.53. The van der Waals surface area contributed by atoms with Gasteiger partial charge in [0, 0.05) is 25.2 Å². The first kappa shape index (κ1) is 27.1. The van der Waals surface area contributed by atoms with Gasteiger partial charge in [-0.1, -0.05) is 34.1 Å². The Morgan fingerprint density at radius 2 is 1.77 bits per heavy atom. The van der Waals surface area contributed by atoms with E-state index < -0.39 is 22.7 Å². The van der Waals surface area contributed by atoms with Crippen LogP contribution in [0.2, 0.25) is 0 Å². The van der Waals surface area contributed by atoms with Crippen molar-refractivity contribution in [2.75, 3.05) is 0 Å². The van der Waals surface area contributed by atoms with Crippen LogP contribution in [0.25, 0.3) is 0 Å². The van der Waals surface area contributed by atoms with E-state index in [4.69, 9.17) is 4.74 Å². The van der Waals surface area contributed by atoms with Crippen LogP contribution >= 0.6 is 0 Å². The van der Waals surface area contributed by atoms with Gasteiger partial charge < -0.3 is 14.9 Å². The van der Waals surface area contributed by atoms with Crippen LogP contribution in [0.4, 0.5) is 0 Å². The van der Waals surface area contributed by atoms with E-state index in [2.05, 4.69) is 27.7 Å². The van der Waals surface area contributed by atoms with Crippen molar-refractivity contribution in [3.05, 3.63) is 0 Å². The van der Waals surface area contributed by atoms with Crippen molar-refractivity contribution in [3.63, 3.8) is 0 Å². The zero-order valence-corrected chi connectivity index (χ0v) is 23.2. The lowest BCUT2D eigenvalue weighted by Gasteiger charge is -2.63. The fourth-order valence-electron chi connectivity index (χ4n) is 9.53. The molecule has 5 nitrogen and oxygen atoms in total. The molecule has 35 heavy (non-hydrogen) atoms. The van der Waals surface area contributed by atoms with E-state index in [0.29, 0.717) is 48.3 Å². The van der Waals surface area contributed by atoms with E-state index in [-0.39, 0.29) is 23.6 Å². The lowest BCUT2D eigenvalue weighted by atomic mass is 9.42. The summed E-state index contributed by atoms with van der Waals surface area (Å²) in [6.45, 7) is 14.8. The Labute approximate surface area is 212 Å². The smallest absolute Gasteiger partial charge is 0.303 e. The number of aliphatic hydroxyl groups excluding tert-OH is 1. The van der Waals surface area contributed by atoms with Gasteiger partial charge in [0.05, 0.1) is 6.10 Å². The quantitative estimate of drug-likeness (QED) is 0.467. The van der Waals surface area contributed by atoms with Gasteiger partial charge in [-0.2, -0.15) is 0 Å². The van der Waals surface area contributed by atoms with Crippen LogP contribution in [0.5, 0.6) is 0 Å². The van der Waals surface area contributed by atoms with Crippen LogP contribution < -0.4 is 0 Å². The van der Waals surface area contributed by atoms with Gasteiger partial charge in [0.2, 0.25) is 0 Å². The zero-order chi connectivity index (χ0) is 26.0. The van der Waals surface area contributed by atoms with Gasteiger partial charge in [-0.25, -0.2) is 0 Å². The van der Waals surface area contributed by atoms with E-state index in [1.165, 1.54) is 26.2 Å². The Bertz CT molecular complexity index is 837. The highest BCUT2D eigenvalue weighted by atomic mass is 16.6. The first-order valence-corrected chi connectivity index (χ1v) is 14.3. The molecular weight excluding hydrogens is 440 g/mol. The molecule has 0 bridgehead atoms. The van der Waals surface area contributed by atoms with Crippen LogP contribution in [0.1, 0.15) is 113 Å². The molecular formula is C30H50O5. The number of carbonyl (C=O) groups excluding carboxylic acids is 2. The number of hydrogen-bond acceptors (Lipinski definition) is 5. The molecule has 0 unspecified atom stereocenters. The number of hydrogen-bond donors (Lipinski definition) is 2. The third kappa shape index (κ3) is 4.31. The molecule has 0 aromatic carbocycles. The summed E-state index contributed by atoms with van der Waals surface area (Å²) in [5, 5.41) is 21.8. The molecule has 0 amide bonds. The normalized spacial score (nSPS) is 45.2. The lowest BCUT2D eigenvalue weighted by Crippen LogP contribution is -2.67. The summed E-state index contributed by atoms with van der Waals surface area (Å²) in [6.07, 6.45) is 8.41. The Hall–Kier alpha value is -0.940. The van der Waals surface area contributed by atoms with E-state index in [1.807, 2.05) is 13.8 Å².